The molecule has 27 heavy (non-hydrogen) atoms. The summed E-state index contributed by atoms with van der Waals surface area (Å²) in [7, 11) is 2.99. The third kappa shape index (κ3) is 4.05. The number of methoxy groups -OCH3 is 2. The van der Waals surface area contributed by atoms with E-state index in [1.165, 1.54) is 14.2 Å². The molecule has 0 spiro atoms. The van der Waals surface area contributed by atoms with Gasteiger partial charge in [0.05, 0.1) is 26.7 Å². The first kappa shape index (κ1) is 18.4. The van der Waals surface area contributed by atoms with Crippen LogP contribution in [0.5, 0.6) is 23.0 Å². The van der Waals surface area contributed by atoms with Gasteiger partial charge < -0.3 is 29.4 Å². The molecule has 0 radical (unpaired) electrons. The Hall–Kier alpha value is -3.42. The number of carboxylic acids is 1. The third-order valence-corrected chi connectivity index (χ3v) is 4.13. The predicted molar refractivity (Wildman–Crippen MR) is 94.6 cm³/mol. The lowest BCUT2D eigenvalue weighted by atomic mass is 10.0. The summed E-state index contributed by atoms with van der Waals surface area (Å²) >= 11 is 0. The maximum atomic E-state index is 12.7. The van der Waals surface area contributed by atoms with Crippen molar-refractivity contribution in [3.8, 4) is 23.0 Å². The highest BCUT2D eigenvalue weighted by molar-refractivity contribution is 5.95. The second-order valence-electron chi connectivity index (χ2n) is 5.80. The average molecular weight is 373 g/mol. The molecule has 0 bridgehead atoms. The van der Waals surface area contributed by atoms with E-state index in [0.29, 0.717) is 34.1 Å². The summed E-state index contributed by atoms with van der Waals surface area (Å²) in [6, 6.07) is 8.98. The lowest BCUT2D eigenvalue weighted by Gasteiger charge is -2.20. The van der Waals surface area contributed by atoms with Crippen molar-refractivity contribution in [2.24, 2.45) is 0 Å². The minimum Gasteiger partial charge on any atom is -0.497 e. The summed E-state index contributed by atoms with van der Waals surface area (Å²) in [5.41, 5.74) is 0.872. The highest BCUT2D eigenvalue weighted by Crippen LogP contribution is 2.34. The number of hydrogen-bond acceptors (Lipinski definition) is 6. The minimum absolute atomic E-state index is 0.102. The molecule has 1 heterocycles. The number of nitrogens with one attached hydrogen (secondary N) is 1. The van der Waals surface area contributed by atoms with Crippen LogP contribution in [0.1, 0.15) is 28.4 Å². The van der Waals surface area contributed by atoms with Crippen molar-refractivity contribution in [1.29, 1.82) is 0 Å². The van der Waals surface area contributed by atoms with E-state index >= 15 is 0 Å². The van der Waals surface area contributed by atoms with Gasteiger partial charge in [0.2, 0.25) is 6.79 Å². The first-order chi connectivity index (χ1) is 13.0. The largest absolute Gasteiger partial charge is 0.497 e. The molecule has 0 unspecified atom stereocenters. The van der Waals surface area contributed by atoms with Crippen LogP contribution in [-0.4, -0.2) is 38.0 Å². The zero-order valence-corrected chi connectivity index (χ0v) is 14.9. The van der Waals surface area contributed by atoms with Crippen molar-refractivity contribution in [1.82, 2.24) is 5.32 Å². The van der Waals surface area contributed by atoms with Crippen LogP contribution >= 0.6 is 0 Å². The van der Waals surface area contributed by atoms with Crippen LogP contribution in [-0.2, 0) is 4.79 Å². The van der Waals surface area contributed by atoms with Crippen molar-refractivity contribution < 1.29 is 33.6 Å². The molecule has 0 aromatic heterocycles. The number of fused-ring (bicyclic) bond motifs is 1. The van der Waals surface area contributed by atoms with Crippen LogP contribution in [0.15, 0.2) is 36.4 Å². The van der Waals surface area contributed by atoms with Crippen molar-refractivity contribution in [2.75, 3.05) is 21.0 Å². The first-order valence-electron chi connectivity index (χ1n) is 8.16. The molecule has 2 N–H and O–H groups in total. The maximum absolute atomic E-state index is 12.7. The van der Waals surface area contributed by atoms with Crippen molar-refractivity contribution >= 4 is 11.9 Å². The molecular weight excluding hydrogens is 354 g/mol. The van der Waals surface area contributed by atoms with Crippen molar-refractivity contribution in [3.63, 3.8) is 0 Å². The number of rotatable bonds is 7. The fraction of sp³-hybridized carbons (Fsp3) is 0.263. The van der Waals surface area contributed by atoms with E-state index in [1.807, 2.05) is 0 Å². The summed E-state index contributed by atoms with van der Waals surface area (Å²) in [6.07, 6.45) is -0.307. The van der Waals surface area contributed by atoms with Crippen LogP contribution in [0.4, 0.5) is 0 Å². The molecular formula is C19H19NO7. The summed E-state index contributed by atoms with van der Waals surface area (Å²) in [5.74, 6) is 0.532. The lowest BCUT2D eigenvalue weighted by Crippen LogP contribution is -2.30. The summed E-state index contributed by atoms with van der Waals surface area (Å²) in [5, 5.41) is 12.0. The number of carbonyl (C=O) groups excluding carboxylic acids is 1. The minimum atomic E-state index is -1.05. The van der Waals surface area contributed by atoms with E-state index in [0.717, 1.165) is 0 Å². The number of carboxylic acid groups (broad SMARTS) is 1. The molecule has 2 aromatic carbocycles. The van der Waals surface area contributed by atoms with Crippen molar-refractivity contribution in [3.05, 3.63) is 47.5 Å². The van der Waals surface area contributed by atoms with E-state index in [9.17, 15) is 14.7 Å². The molecule has 0 saturated heterocycles. The van der Waals surface area contributed by atoms with Crippen LogP contribution in [0, 0.1) is 0 Å². The Balaban J connectivity index is 1.87. The Morgan fingerprint density at radius 2 is 1.89 bits per heavy atom. The van der Waals surface area contributed by atoms with Crippen LogP contribution < -0.4 is 24.3 Å². The molecule has 0 fully saturated rings. The zero-order chi connectivity index (χ0) is 19.4. The van der Waals surface area contributed by atoms with E-state index in [-0.39, 0.29) is 13.2 Å². The van der Waals surface area contributed by atoms with Gasteiger partial charge in [-0.25, -0.2) is 0 Å². The van der Waals surface area contributed by atoms with Gasteiger partial charge in [-0.05, 0) is 30.3 Å². The number of ether oxygens (including phenoxy) is 4. The number of carbonyl (C=O) groups is 2. The van der Waals surface area contributed by atoms with Gasteiger partial charge in [0.1, 0.15) is 11.5 Å². The van der Waals surface area contributed by atoms with Gasteiger partial charge in [0.15, 0.2) is 11.5 Å². The molecule has 1 atom stereocenters. The number of hydrogen-bond donors (Lipinski definition) is 2. The normalized spacial score (nSPS) is 13.0. The van der Waals surface area contributed by atoms with Crippen LogP contribution in [0.25, 0.3) is 0 Å². The van der Waals surface area contributed by atoms with Gasteiger partial charge in [-0.3, -0.25) is 9.59 Å². The van der Waals surface area contributed by atoms with E-state index in [2.05, 4.69) is 5.32 Å². The quantitative estimate of drug-likeness (QED) is 0.768. The Morgan fingerprint density at radius 1 is 1.11 bits per heavy atom. The highest BCUT2D eigenvalue weighted by atomic mass is 16.7. The smallest absolute Gasteiger partial charge is 0.305 e. The molecule has 1 amide bonds. The highest BCUT2D eigenvalue weighted by Gasteiger charge is 2.24. The molecule has 2 aromatic rings. The van der Waals surface area contributed by atoms with E-state index in [1.54, 1.807) is 36.4 Å². The average Bonchev–Trinajstić information content (AvgIpc) is 3.14. The molecule has 8 heteroatoms. The van der Waals surface area contributed by atoms with Gasteiger partial charge in [-0.2, -0.15) is 0 Å². The third-order valence-electron chi connectivity index (χ3n) is 4.13. The molecule has 0 saturated carbocycles. The Bertz CT molecular complexity index is 865. The Labute approximate surface area is 155 Å². The number of benzene rings is 2. The van der Waals surface area contributed by atoms with Crippen LogP contribution in [0.2, 0.25) is 0 Å². The SMILES string of the molecule is COc1ccc([C@@H](CC(=O)O)NC(=O)c2ccc3c(c2)OCO3)c(OC)c1. The van der Waals surface area contributed by atoms with Crippen LogP contribution in [0.3, 0.4) is 0 Å². The lowest BCUT2D eigenvalue weighted by molar-refractivity contribution is -0.137. The molecule has 1 aliphatic heterocycles. The molecule has 1 aliphatic rings. The first-order valence-corrected chi connectivity index (χ1v) is 8.16. The van der Waals surface area contributed by atoms with Gasteiger partial charge in [-0.1, -0.05) is 0 Å². The van der Waals surface area contributed by atoms with Gasteiger partial charge in [0.25, 0.3) is 5.91 Å². The second-order valence-corrected chi connectivity index (χ2v) is 5.80. The van der Waals surface area contributed by atoms with Gasteiger partial charge in [0, 0.05) is 17.2 Å². The summed E-state index contributed by atoms with van der Waals surface area (Å²) in [6.45, 7) is 0.102. The standard InChI is InChI=1S/C19H19NO7/c1-24-12-4-5-13(16(8-12)25-2)14(9-18(21)22)20-19(23)11-3-6-15-17(7-11)27-10-26-15/h3-8,14H,9-10H2,1-2H3,(H,20,23)(H,21,22)/t14-/m1/s1. The second kappa shape index (κ2) is 7.86. The Kier molecular flexibility index (Phi) is 5.35. The maximum Gasteiger partial charge on any atom is 0.305 e. The fourth-order valence-corrected chi connectivity index (χ4v) is 2.80. The number of amides is 1. The van der Waals surface area contributed by atoms with E-state index < -0.39 is 17.9 Å². The van der Waals surface area contributed by atoms with Crippen molar-refractivity contribution in [2.45, 2.75) is 12.5 Å². The number of aliphatic carboxylic acids is 1. The summed E-state index contributed by atoms with van der Waals surface area (Å²) < 4.78 is 21.0. The summed E-state index contributed by atoms with van der Waals surface area (Å²) in [4.78, 5) is 24.0. The topological polar surface area (TPSA) is 103 Å². The predicted octanol–water partition coefficient (Wildman–Crippen LogP) is 2.38. The zero-order valence-electron chi connectivity index (χ0n) is 14.9. The molecule has 0 aliphatic carbocycles. The fourth-order valence-electron chi connectivity index (χ4n) is 2.80. The van der Waals surface area contributed by atoms with Gasteiger partial charge in [-0.15, -0.1) is 0 Å². The molecule has 3 rings (SSSR count). The molecule has 142 valence electrons. The Morgan fingerprint density at radius 3 is 2.59 bits per heavy atom. The monoisotopic (exact) mass is 373 g/mol. The van der Waals surface area contributed by atoms with E-state index in [4.69, 9.17) is 18.9 Å². The van der Waals surface area contributed by atoms with Gasteiger partial charge >= 0.3 is 5.97 Å². The molecule has 8 nitrogen and oxygen atoms in total.